The molecule has 2 heterocycles. The zero-order valence-electron chi connectivity index (χ0n) is 23.3. The van der Waals surface area contributed by atoms with E-state index in [0.29, 0.717) is 18.0 Å². The Labute approximate surface area is 241 Å². The van der Waals surface area contributed by atoms with Gasteiger partial charge < -0.3 is 0 Å². The summed E-state index contributed by atoms with van der Waals surface area (Å²) in [6.07, 6.45) is 1.97. The predicted molar refractivity (Wildman–Crippen MR) is 167 cm³/mol. The van der Waals surface area contributed by atoms with E-state index in [1.807, 2.05) is 37.4 Å². The first kappa shape index (κ1) is 25.6. The van der Waals surface area contributed by atoms with Gasteiger partial charge in [0.15, 0.2) is 0 Å². The third kappa shape index (κ3) is 4.24. The molecule has 1 aliphatic heterocycles. The number of hydrogen-bond donors (Lipinski definition) is 0. The van der Waals surface area contributed by atoms with Crippen molar-refractivity contribution in [1.82, 2.24) is 9.29 Å². The van der Waals surface area contributed by atoms with E-state index in [1.165, 1.54) is 11.1 Å². The second kappa shape index (κ2) is 9.65. The molecule has 0 amide bonds. The summed E-state index contributed by atoms with van der Waals surface area (Å²) in [4.78, 5) is 5.20. The van der Waals surface area contributed by atoms with E-state index in [4.69, 9.17) is 4.98 Å². The Morgan fingerprint density at radius 2 is 1.12 bits per heavy atom. The molecule has 0 spiro atoms. The molecule has 0 fully saturated rings. The van der Waals surface area contributed by atoms with E-state index in [-0.39, 0.29) is 0 Å². The average molecular weight is 555 g/mol. The van der Waals surface area contributed by atoms with Crippen LogP contribution in [0.4, 0.5) is 0 Å². The number of para-hydroxylation sites is 1. The highest BCUT2D eigenvalue weighted by atomic mass is 32.2. The van der Waals surface area contributed by atoms with Gasteiger partial charge in [-0.25, -0.2) is 8.42 Å². The van der Waals surface area contributed by atoms with Crippen molar-refractivity contribution in [2.24, 2.45) is 0 Å². The summed E-state index contributed by atoms with van der Waals surface area (Å²) in [6, 6.07) is 32.5. The molecule has 0 unspecified atom stereocenters. The number of benzene rings is 5. The van der Waals surface area contributed by atoms with Gasteiger partial charge >= 0.3 is 0 Å². The second-order valence-electron chi connectivity index (χ2n) is 11.1. The van der Waals surface area contributed by atoms with Crippen molar-refractivity contribution >= 4 is 31.7 Å². The SMILES string of the molecule is Cc1ccc(-c2c3c(c(-c4ccc(C)cc4)c4c2cnc2ccccc24)CN(S(=O)(=O)c2ccc(C)cc2)C3)cc1. The maximum atomic E-state index is 14.0. The van der Waals surface area contributed by atoms with Crippen LogP contribution >= 0.6 is 0 Å². The Morgan fingerprint density at radius 1 is 0.610 bits per heavy atom. The zero-order valence-corrected chi connectivity index (χ0v) is 24.2. The standard InChI is InChI=1S/C36H30N2O2S/c1-23-8-14-26(15-9-23)34-30-20-37-33-7-5-4-6-29(33)36(30)35(27-16-10-24(2)11-17-27)32-22-38(21-31(32)34)41(39,40)28-18-12-25(3)13-19-28/h4-20H,21-22H2,1-3H3. The maximum absolute atomic E-state index is 14.0. The lowest BCUT2D eigenvalue weighted by Crippen LogP contribution is -2.25. The molecule has 0 saturated heterocycles. The normalized spacial score (nSPS) is 13.6. The highest BCUT2D eigenvalue weighted by Gasteiger charge is 2.36. The fourth-order valence-electron chi connectivity index (χ4n) is 6.09. The van der Waals surface area contributed by atoms with Crippen molar-refractivity contribution < 1.29 is 8.42 Å². The van der Waals surface area contributed by atoms with Gasteiger partial charge in [-0.15, -0.1) is 0 Å². The van der Waals surface area contributed by atoms with Crippen molar-refractivity contribution in [1.29, 1.82) is 0 Å². The number of pyridine rings is 1. The number of aromatic nitrogens is 1. The molecule has 6 aromatic rings. The van der Waals surface area contributed by atoms with Gasteiger partial charge in [0.05, 0.1) is 10.4 Å². The van der Waals surface area contributed by atoms with Gasteiger partial charge in [0.25, 0.3) is 0 Å². The van der Waals surface area contributed by atoms with Crippen LogP contribution in [0.25, 0.3) is 43.9 Å². The summed E-state index contributed by atoms with van der Waals surface area (Å²) in [5.41, 5.74) is 10.7. The summed E-state index contributed by atoms with van der Waals surface area (Å²) < 4.78 is 29.7. The van der Waals surface area contributed by atoms with Crippen LogP contribution in [0.2, 0.25) is 0 Å². The van der Waals surface area contributed by atoms with Gasteiger partial charge in [0.2, 0.25) is 10.0 Å². The Bertz CT molecular complexity index is 2060. The topological polar surface area (TPSA) is 50.3 Å². The van der Waals surface area contributed by atoms with E-state index < -0.39 is 10.0 Å². The summed E-state index contributed by atoms with van der Waals surface area (Å²) >= 11 is 0. The van der Waals surface area contributed by atoms with E-state index >= 15 is 0 Å². The summed E-state index contributed by atoms with van der Waals surface area (Å²) in [6.45, 7) is 6.74. The van der Waals surface area contributed by atoms with Crippen molar-refractivity contribution in [3.63, 3.8) is 0 Å². The van der Waals surface area contributed by atoms with Crippen LogP contribution in [-0.4, -0.2) is 17.7 Å². The number of sulfonamides is 1. The Morgan fingerprint density at radius 3 is 1.73 bits per heavy atom. The highest BCUT2D eigenvalue weighted by Crippen LogP contribution is 2.48. The van der Waals surface area contributed by atoms with Crippen LogP contribution < -0.4 is 0 Å². The van der Waals surface area contributed by atoms with Gasteiger partial charge in [-0.3, -0.25) is 4.98 Å². The minimum Gasteiger partial charge on any atom is -0.256 e. The fourth-order valence-corrected chi connectivity index (χ4v) is 7.47. The molecule has 0 N–H and O–H groups in total. The minimum atomic E-state index is -3.72. The van der Waals surface area contributed by atoms with Crippen molar-refractivity contribution in [2.45, 2.75) is 38.8 Å². The first-order chi connectivity index (χ1) is 19.8. The van der Waals surface area contributed by atoms with Gasteiger partial charge in [-0.2, -0.15) is 4.31 Å². The lowest BCUT2D eigenvalue weighted by atomic mass is 9.84. The second-order valence-corrected chi connectivity index (χ2v) is 13.0. The monoisotopic (exact) mass is 554 g/mol. The Balaban J connectivity index is 1.58. The smallest absolute Gasteiger partial charge is 0.243 e. The first-order valence-electron chi connectivity index (χ1n) is 13.9. The molecule has 5 heteroatoms. The van der Waals surface area contributed by atoms with Crippen LogP contribution in [0.3, 0.4) is 0 Å². The van der Waals surface area contributed by atoms with Crippen LogP contribution in [0, 0.1) is 20.8 Å². The van der Waals surface area contributed by atoms with Crippen LogP contribution in [0.5, 0.6) is 0 Å². The first-order valence-corrected chi connectivity index (χ1v) is 15.3. The van der Waals surface area contributed by atoms with E-state index in [1.54, 1.807) is 16.4 Å². The zero-order chi connectivity index (χ0) is 28.3. The Hall–Kier alpha value is -4.32. The number of fused-ring (bicyclic) bond motifs is 4. The molecule has 0 bridgehead atoms. The molecular formula is C36H30N2O2S. The van der Waals surface area contributed by atoms with Gasteiger partial charge in [0, 0.05) is 35.4 Å². The maximum Gasteiger partial charge on any atom is 0.243 e. The molecular weight excluding hydrogens is 524 g/mol. The molecule has 4 nitrogen and oxygen atoms in total. The van der Waals surface area contributed by atoms with E-state index in [0.717, 1.165) is 60.6 Å². The number of nitrogens with zero attached hydrogens (tertiary/aromatic N) is 2. The molecule has 41 heavy (non-hydrogen) atoms. The van der Waals surface area contributed by atoms with Crippen molar-refractivity contribution in [3.8, 4) is 22.3 Å². The quantitative estimate of drug-likeness (QED) is 0.206. The van der Waals surface area contributed by atoms with Crippen molar-refractivity contribution in [3.05, 3.63) is 131 Å². The molecule has 202 valence electrons. The lowest BCUT2D eigenvalue weighted by Gasteiger charge is -2.20. The van der Waals surface area contributed by atoms with Crippen LogP contribution in [0.1, 0.15) is 27.8 Å². The van der Waals surface area contributed by atoms with E-state index in [2.05, 4.69) is 74.5 Å². The molecule has 1 aromatic heterocycles. The number of aryl methyl sites for hydroxylation is 3. The summed E-state index contributed by atoms with van der Waals surface area (Å²) in [7, 11) is -3.72. The van der Waals surface area contributed by atoms with Crippen LogP contribution in [0.15, 0.2) is 108 Å². The third-order valence-corrected chi connectivity index (χ3v) is 10.1. The minimum absolute atomic E-state index is 0.302. The van der Waals surface area contributed by atoms with Gasteiger partial charge in [-0.1, -0.05) is 95.6 Å². The number of rotatable bonds is 4. The molecule has 0 aliphatic carbocycles. The molecule has 0 atom stereocenters. The Kier molecular flexibility index (Phi) is 6.03. The molecule has 0 saturated carbocycles. The third-order valence-electron chi connectivity index (χ3n) is 8.27. The average Bonchev–Trinajstić information content (AvgIpc) is 3.43. The van der Waals surface area contributed by atoms with Gasteiger partial charge in [0.1, 0.15) is 0 Å². The van der Waals surface area contributed by atoms with E-state index in [9.17, 15) is 8.42 Å². The summed E-state index contributed by atoms with van der Waals surface area (Å²) in [5, 5.41) is 3.22. The lowest BCUT2D eigenvalue weighted by molar-refractivity contribution is 0.432. The van der Waals surface area contributed by atoms with Gasteiger partial charge in [-0.05, 0) is 72.4 Å². The summed E-state index contributed by atoms with van der Waals surface area (Å²) in [5.74, 6) is 0. The highest BCUT2D eigenvalue weighted by molar-refractivity contribution is 7.89. The van der Waals surface area contributed by atoms with Crippen LogP contribution in [-0.2, 0) is 23.1 Å². The fraction of sp³-hybridized carbons (Fsp3) is 0.139. The predicted octanol–water partition coefficient (Wildman–Crippen LogP) is 8.35. The molecule has 1 aliphatic rings. The largest absolute Gasteiger partial charge is 0.256 e. The molecule has 0 radical (unpaired) electrons. The number of hydrogen-bond acceptors (Lipinski definition) is 3. The van der Waals surface area contributed by atoms with Crippen molar-refractivity contribution in [2.75, 3.05) is 0 Å². The molecule has 5 aromatic carbocycles. The molecule has 7 rings (SSSR count).